The zero-order valence-corrected chi connectivity index (χ0v) is 15.3. The molecule has 6 nitrogen and oxygen atoms in total. The molecule has 1 aromatic carbocycles. The van der Waals surface area contributed by atoms with Crippen LogP contribution in [0.4, 0.5) is 0 Å². The number of imidazole rings is 1. The first-order valence-corrected chi connectivity index (χ1v) is 9.69. The molecule has 1 fully saturated rings. The normalized spacial score (nSPS) is 18.3. The van der Waals surface area contributed by atoms with Gasteiger partial charge < -0.3 is 0 Å². The molecule has 5 rings (SSSR count). The maximum atomic E-state index is 12.7. The van der Waals surface area contributed by atoms with Crippen LogP contribution in [-0.2, 0) is 13.6 Å². The molecule has 0 saturated carbocycles. The summed E-state index contributed by atoms with van der Waals surface area (Å²) < 4.78 is 3.78. The highest BCUT2D eigenvalue weighted by Crippen LogP contribution is 2.32. The Balaban J connectivity index is 1.52. The molecule has 26 heavy (non-hydrogen) atoms. The lowest BCUT2D eigenvalue weighted by Gasteiger charge is -2.24. The lowest BCUT2D eigenvalue weighted by Crippen LogP contribution is -2.30. The average molecular weight is 365 g/mol. The summed E-state index contributed by atoms with van der Waals surface area (Å²) in [6.07, 6.45) is 6.25. The summed E-state index contributed by atoms with van der Waals surface area (Å²) in [5.74, 6) is 0.854. The van der Waals surface area contributed by atoms with Crippen LogP contribution in [-0.4, -0.2) is 30.4 Å². The molecule has 7 heteroatoms. The molecule has 0 N–H and O–H groups in total. The van der Waals surface area contributed by atoms with Crippen LogP contribution in [0.2, 0.25) is 0 Å². The third-order valence-electron chi connectivity index (χ3n) is 5.19. The van der Waals surface area contributed by atoms with Gasteiger partial charge in [-0.05, 0) is 31.5 Å². The Morgan fingerprint density at radius 1 is 1.27 bits per heavy atom. The van der Waals surface area contributed by atoms with Crippen molar-refractivity contribution in [2.24, 2.45) is 7.05 Å². The number of nitrogens with zero attached hydrogens (tertiary/aromatic N) is 5. The lowest BCUT2D eigenvalue weighted by atomic mass is 10.1. The minimum Gasteiger partial charge on any atom is -0.298 e. The van der Waals surface area contributed by atoms with Crippen LogP contribution in [0.3, 0.4) is 0 Å². The van der Waals surface area contributed by atoms with Crippen LogP contribution in [0, 0.1) is 0 Å². The van der Waals surface area contributed by atoms with Gasteiger partial charge in [-0.1, -0.05) is 12.1 Å². The van der Waals surface area contributed by atoms with Crippen LogP contribution < -0.4 is 5.56 Å². The highest BCUT2D eigenvalue weighted by molar-refractivity contribution is 7.15. The van der Waals surface area contributed by atoms with Gasteiger partial charge in [-0.3, -0.25) is 18.7 Å². The zero-order valence-electron chi connectivity index (χ0n) is 14.5. The first kappa shape index (κ1) is 15.7. The predicted octanol–water partition coefficient (Wildman–Crippen LogP) is 2.98. The molecule has 0 amide bonds. The summed E-state index contributed by atoms with van der Waals surface area (Å²) in [6, 6.07) is 7.74. The summed E-state index contributed by atoms with van der Waals surface area (Å²) in [6.45, 7) is 1.78. The molecule has 4 heterocycles. The van der Waals surface area contributed by atoms with E-state index in [4.69, 9.17) is 9.97 Å². The molecule has 132 valence electrons. The molecule has 1 atom stereocenters. The molecular formula is C19H19N5OS. The molecule has 1 aliphatic heterocycles. The van der Waals surface area contributed by atoms with Gasteiger partial charge in [-0.25, -0.2) is 9.97 Å². The fraction of sp³-hybridized carbons (Fsp3) is 0.316. The molecule has 1 unspecified atom stereocenters. The predicted molar refractivity (Wildman–Crippen MR) is 102 cm³/mol. The molecule has 3 aromatic heterocycles. The van der Waals surface area contributed by atoms with E-state index in [1.807, 2.05) is 42.9 Å². The summed E-state index contributed by atoms with van der Waals surface area (Å²) in [7, 11) is 1.83. The van der Waals surface area contributed by atoms with Crippen LogP contribution in [0.1, 0.15) is 30.4 Å². The van der Waals surface area contributed by atoms with E-state index in [-0.39, 0.29) is 11.6 Å². The van der Waals surface area contributed by atoms with Crippen molar-refractivity contribution in [1.82, 2.24) is 23.8 Å². The number of fused-ring (bicyclic) bond motifs is 2. The van der Waals surface area contributed by atoms with E-state index in [0.29, 0.717) is 5.39 Å². The molecule has 0 spiro atoms. The molecule has 4 aromatic rings. The van der Waals surface area contributed by atoms with E-state index in [9.17, 15) is 4.79 Å². The van der Waals surface area contributed by atoms with Crippen molar-refractivity contribution in [2.75, 3.05) is 6.54 Å². The fourth-order valence-electron chi connectivity index (χ4n) is 3.90. The quantitative estimate of drug-likeness (QED) is 0.560. The molecule has 0 radical (unpaired) electrons. The Labute approximate surface area is 154 Å². The summed E-state index contributed by atoms with van der Waals surface area (Å²) in [5, 5.41) is 2.72. The SMILES string of the molecule is Cn1c(C2CCCN2Cc2cn3ccsc3n2)nc2ccccc2c1=O. The van der Waals surface area contributed by atoms with E-state index >= 15 is 0 Å². The monoisotopic (exact) mass is 365 g/mol. The van der Waals surface area contributed by atoms with Crippen molar-refractivity contribution in [2.45, 2.75) is 25.4 Å². The second kappa shape index (κ2) is 6.03. The first-order chi connectivity index (χ1) is 12.7. The highest BCUT2D eigenvalue weighted by Gasteiger charge is 2.30. The van der Waals surface area contributed by atoms with Crippen LogP contribution in [0.5, 0.6) is 0 Å². The van der Waals surface area contributed by atoms with Gasteiger partial charge in [0.05, 0.1) is 22.6 Å². The summed E-state index contributed by atoms with van der Waals surface area (Å²) in [4.78, 5) is 25.7. The number of hydrogen-bond acceptors (Lipinski definition) is 5. The van der Waals surface area contributed by atoms with Crippen molar-refractivity contribution in [3.8, 4) is 0 Å². The number of aromatic nitrogens is 4. The van der Waals surface area contributed by atoms with Gasteiger partial charge in [0.1, 0.15) is 5.82 Å². The smallest absolute Gasteiger partial charge is 0.261 e. The molecule has 0 bridgehead atoms. The van der Waals surface area contributed by atoms with Gasteiger partial charge in [0, 0.05) is 31.4 Å². The molecular weight excluding hydrogens is 346 g/mol. The van der Waals surface area contributed by atoms with Crippen molar-refractivity contribution in [1.29, 1.82) is 0 Å². The number of hydrogen-bond donors (Lipinski definition) is 0. The Bertz CT molecular complexity index is 1130. The third kappa shape index (κ3) is 2.47. The van der Waals surface area contributed by atoms with Gasteiger partial charge in [-0.15, -0.1) is 11.3 Å². The topological polar surface area (TPSA) is 55.4 Å². The lowest BCUT2D eigenvalue weighted by molar-refractivity contribution is 0.233. The standard InChI is InChI=1S/C19H19N5OS/c1-22-17(21-15-6-3-2-5-14(15)18(22)25)16-7-4-8-23(16)11-13-12-24-9-10-26-19(24)20-13/h2-3,5-6,9-10,12,16H,4,7-8,11H2,1H3. The van der Waals surface area contributed by atoms with Crippen LogP contribution in [0.15, 0.2) is 46.8 Å². The Hall–Kier alpha value is -2.51. The maximum Gasteiger partial charge on any atom is 0.261 e. The minimum absolute atomic E-state index is 0.0277. The van der Waals surface area contributed by atoms with Gasteiger partial charge in [0.2, 0.25) is 0 Å². The van der Waals surface area contributed by atoms with E-state index in [1.165, 1.54) is 0 Å². The zero-order chi connectivity index (χ0) is 17.7. The van der Waals surface area contributed by atoms with E-state index in [0.717, 1.165) is 47.9 Å². The molecule has 1 saturated heterocycles. The van der Waals surface area contributed by atoms with Crippen molar-refractivity contribution in [3.63, 3.8) is 0 Å². The van der Waals surface area contributed by atoms with Gasteiger partial charge >= 0.3 is 0 Å². The second-order valence-corrected chi connectivity index (χ2v) is 7.68. The molecule has 1 aliphatic rings. The molecule has 0 aliphatic carbocycles. The van der Waals surface area contributed by atoms with Gasteiger partial charge in [-0.2, -0.15) is 0 Å². The Morgan fingerprint density at radius 3 is 3.04 bits per heavy atom. The number of thiazole rings is 1. The third-order valence-corrected chi connectivity index (χ3v) is 5.96. The van der Waals surface area contributed by atoms with Crippen molar-refractivity contribution < 1.29 is 0 Å². The van der Waals surface area contributed by atoms with Crippen molar-refractivity contribution in [3.05, 3.63) is 63.9 Å². The second-order valence-electron chi connectivity index (χ2n) is 6.80. The highest BCUT2D eigenvalue weighted by atomic mass is 32.1. The van der Waals surface area contributed by atoms with Crippen molar-refractivity contribution >= 4 is 27.2 Å². The van der Waals surface area contributed by atoms with E-state index < -0.39 is 0 Å². The average Bonchev–Trinajstić information content (AvgIpc) is 3.35. The number of rotatable bonds is 3. The number of para-hydroxylation sites is 1. The Kier molecular flexibility index (Phi) is 3.65. The summed E-state index contributed by atoms with van der Waals surface area (Å²) >= 11 is 1.64. The van der Waals surface area contributed by atoms with E-state index in [1.54, 1.807) is 15.9 Å². The first-order valence-electron chi connectivity index (χ1n) is 8.81. The van der Waals surface area contributed by atoms with Gasteiger partial charge in [0.15, 0.2) is 4.96 Å². The minimum atomic E-state index is 0.0277. The largest absolute Gasteiger partial charge is 0.298 e. The Morgan fingerprint density at radius 2 is 2.15 bits per heavy atom. The maximum absolute atomic E-state index is 12.7. The number of benzene rings is 1. The van der Waals surface area contributed by atoms with Gasteiger partial charge in [0.25, 0.3) is 5.56 Å². The van der Waals surface area contributed by atoms with Crippen LogP contribution >= 0.6 is 11.3 Å². The van der Waals surface area contributed by atoms with E-state index in [2.05, 4.69) is 15.5 Å². The fourth-order valence-corrected chi connectivity index (χ4v) is 4.62. The number of likely N-dealkylation sites (tertiary alicyclic amines) is 1. The summed E-state index contributed by atoms with van der Waals surface area (Å²) in [5.41, 5.74) is 1.87. The van der Waals surface area contributed by atoms with Crippen LogP contribution in [0.25, 0.3) is 15.9 Å².